The minimum Gasteiger partial charge on any atom is -0.496 e. The molecular weight excluding hydrogens is 216 g/mol. The summed E-state index contributed by atoms with van der Waals surface area (Å²) < 4.78 is 5.37. The molecule has 4 heteroatoms. The fourth-order valence-electron chi connectivity index (χ4n) is 2.13. The topological polar surface area (TPSA) is 57.9 Å². The molecule has 1 heterocycles. The fourth-order valence-corrected chi connectivity index (χ4v) is 2.13. The SMILES string of the molecule is COc1c(C)cc(-c2cc(=O)[nH][nH]2)c(C)c1C. The molecule has 0 saturated carbocycles. The Morgan fingerprint density at radius 2 is 1.76 bits per heavy atom. The zero-order valence-electron chi connectivity index (χ0n) is 10.5. The average Bonchev–Trinajstić information content (AvgIpc) is 2.71. The third-order valence-electron chi connectivity index (χ3n) is 3.12. The van der Waals surface area contributed by atoms with Crippen molar-refractivity contribution in [3.8, 4) is 17.0 Å². The second-order valence-corrected chi connectivity index (χ2v) is 4.20. The van der Waals surface area contributed by atoms with E-state index in [1.807, 2.05) is 26.8 Å². The molecule has 0 saturated heterocycles. The van der Waals surface area contributed by atoms with Crippen molar-refractivity contribution >= 4 is 0 Å². The highest BCUT2D eigenvalue weighted by atomic mass is 16.5. The number of H-pyrrole nitrogens is 2. The molecular formula is C13H16N2O2. The number of aromatic nitrogens is 2. The maximum absolute atomic E-state index is 11.2. The van der Waals surface area contributed by atoms with Crippen molar-refractivity contribution in [2.45, 2.75) is 20.8 Å². The lowest BCUT2D eigenvalue weighted by molar-refractivity contribution is 0.408. The molecule has 1 aromatic heterocycles. The van der Waals surface area contributed by atoms with Gasteiger partial charge in [0.05, 0.1) is 12.8 Å². The van der Waals surface area contributed by atoms with Gasteiger partial charge in [0.1, 0.15) is 5.75 Å². The Balaban J connectivity index is 2.68. The molecule has 0 radical (unpaired) electrons. The highest BCUT2D eigenvalue weighted by molar-refractivity contribution is 5.68. The van der Waals surface area contributed by atoms with Crippen LogP contribution in [0.25, 0.3) is 11.3 Å². The van der Waals surface area contributed by atoms with Crippen LogP contribution in [0.3, 0.4) is 0 Å². The van der Waals surface area contributed by atoms with Crippen molar-refractivity contribution in [2.24, 2.45) is 0 Å². The van der Waals surface area contributed by atoms with Crippen LogP contribution in [0, 0.1) is 20.8 Å². The van der Waals surface area contributed by atoms with Gasteiger partial charge in [-0.15, -0.1) is 0 Å². The van der Waals surface area contributed by atoms with Crippen LogP contribution in [0.2, 0.25) is 0 Å². The molecule has 0 aliphatic heterocycles. The summed E-state index contributed by atoms with van der Waals surface area (Å²) in [6.45, 7) is 6.05. The van der Waals surface area contributed by atoms with E-state index in [1.165, 1.54) is 0 Å². The molecule has 4 nitrogen and oxygen atoms in total. The van der Waals surface area contributed by atoms with Crippen molar-refractivity contribution in [3.63, 3.8) is 0 Å². The molecule has 2 rings (SSSR count). The van der Waals surface area contributed by atoms with Crippen LogP contribution in [-0.2, 0) is 0 Å². The second-order valence-electron chi connectivity index (χ2n) is 4.20. The summed E-state index contributed by atoms with van der Waals surface area (Å²) in [7, 11) is 1.67. The zero-order valence-corrected chi connectivity index (χ0v) is 10.5. The Morgan fingerprint density at radius 3 is 2.29 bits per heavy atom. The molecule has 0 spiro atoms. The molecule has 0 bridgehead atoms. The van der Waals surface area contributed by atoms with E-state index in [4.69, 9.17) is 4.74 Å². The number of ether oxygens (including phenoxy) is 1. The molecule has 17 heavy (non-hydrogen) atoms. The van der Waals surface area contributed by atoms with Crippen molar-refractivity contribution in [1.82, 2.24) is 10.2 Å². The first-order valence-corrected chi connectivity index (χ1v) is 5.47. The zero-order chi connectivity index (χ0) is 12.6. The number of benzene rings is 1. The minimum absolute atomic E-state index is 0.120. The van der Waals surface area contributed by atoms with Crippen LogP contribution in [0.4, 0.5) is 0 Å². The number of rotatable bonds is 2. The summed E-state index contributed by atoms with van der Waals surface area (Å²) in [5.74, 6) is 0.907. The van der Waals surface area contributed by atoms with Crippen molar-refractivity contribution in [2.75, 3.05) is 7.11 Å². The molecule has 0 atom stereocenters. The summed E-state index contributed by atoms with van der Waals surface area (Å²) in [6, 6.07) is 3.59. The van der Waals surface area contributed by atoms with Crippen LogP contribution in [0.1, 0.15) is 16.7 Å². The standard InChI is InChI=1S/C13H16N2O2/c1-7-5-10(11-6-12(16)15-14-11)8(2)9(3)13(7)17-4/h5-6H,1-4H3,(H2,14,15,16). The predicted molar refractivity (Wildman–Crippen MR) is 67.6 cm³/mol. The van der Waals surface area contributed by atoms with E-state index < -0.39 is 0 Å². The molecule has 0 unspecified atom stereocenters. The van der Waals surface area contributed by atoms with Crippen molar-refractivity contribution in [1.29, 1.82) is 0 Å². The van der Waals surface area contributed by atoms with E-state index in [0.29, 0.717) is 0 Å². The Morgan fingerprint density at radius 1 is 1.06 bits per heavy atom. The Labute approximate surface area is 99.6 Å². The van der Waals surface area contributed by atoms with Gasteiger partial charge >= 0.3 is 0 Å². The quantitative estimate of drug-likeness (QED) is 0.834. The van der Waals surface area contributed by atoms with Crippen molar-refractivity contribution < 1.29 is 4.74 Å². The van der Waals surface area contributed by atoms with Gasteiger partial charge in [-0.05, 0) is 43.5 Å². The summed E-state index contributed by atoms with van der Waals surface area (Å²) >= 11 is 0. The third kappa shape index (κ3) is 1.86. The highest BCUT2D eigenvalue weighted by Gasteiger charge is 2.12. The maximum atomic E-state index is 11.2. The van der Waals surface area contributed by atoms with E-state index in [0.717, 1.165) is 33.7 Å². The molecule has 0 aliphatic rings. The summed E-state index contributed by atoms with van der Waals surface area (Å²) in [4.78, 5) is 11.2. The molecule has 2 N–H and O–H groups in total. The van der Waals surface area contributed by atoms with Gasteiger partial charge < -0.3 is 4.74 Å². The van der Waals surface area contributed by atoms with Gasteiger partial charge in [0.2, 0.25) is 0 Å². The summed E-state index contributed by atoms with van der Waals surface area (Å²) in [5.41, 5.74) is 4.99. The first-order chi connectivity index (χ1) is 8.04. The van der Waals surface area contributed by atoms with Gasteiger partial charge in [0.25, 0.3) is 5.56 Å². The van der Waals surface area contributed by atoms with E-state index in [-0.39, 0.29) is 5.56 Å². The van der Waals surface area contributed by atoms with Crippen LogP contribution in [-0.4, -0.2) is 17.3 Å². The lowest BCUT2D eigenvalue weighted by Gasteiger charge is -2.14. The molecule has 0 amide bonds. The van der Waals surface area contributed by atoms with E-state index in [9.17, 15) is 4.79 Å². The maximum Gasteiger partial charge on any atom is 0.264 e. The van der Waals surface area contributed by atoms with E-state index in [2.05, 4.69) is 10.2 Å². The van der Waals surface area contributed by atoms with E-state index in [1.54, 1.807) is 13.2 Å². The number of aryl methyl sites for hydroxylation is 1. The first kappa shape index (κ1) is 11.5. The Bertz CT molecular complexity index is 608. The molecule has 0 aliphatic carbocycles. The molecule has 2 aromatic rings. The van der Waals surface area contributed by atoms with Gasteiger partial charge in [0.15, 0.2) is 0 Å². The monoisotopic (exact) mass is 232 g/mol. The third-order valence-corrected chi connectivity index (χ3v) is 3.12. The predicted octanol–water partition coefficient (Wildman–Crippen LogP) is 2.30. The highest BCUT2D eigenvalue weighted by Crippen LogP contribution is 2.32. The van der Waals surface area contributed by atoms with Crippen LogP contribution in [0.15, 0.2) is 16.9 Å². The van der Waals surface area contributed by atoms with Gasteiger partial charge in [-0.1, -0.05) is 0 Å². The van der Waals surface area contributed by atoms with Gasteiger partial charge in [-0.25, -0.2) is 0 Å². The van der Waals surface area contributed by atoms with Crippen LogP contribution in [0.5, 0.6) is 5.75 Å². The number of hydrogen-bond acceptors (Lipinski definition) is 2. The average molecular weight is 232 g/mol. The Kier molecular flexibility index (Phi) is 2.79. The number of methoxy groups -OCH3 is 1. The number of hydrogen-bond donors (Lipinski definition) is 2. The second kappa shape index (κ2) is 4.13. The summed E-state index contributed by atoms with van der Waals surface area (Å²) in [6.07, 6.45) is 0. The minimum atomic E-state index is -0.120. The van der Waals surface area contributed by atoms with Crippen molar-refractivity contribution in [3.05, 3.63) is 39.2 Å². The number of aromatic amines is 2. The fraction of sp³-hybridized carbons (Fsp3) is 0.308. The molecule has 1 aromatic carbocycles. The first-order valence-electron chi connectivity index (χ1n) is 5.47. The summed E-state index contributed by atoms with van der Waals surface area (Å²) in [5, 5.41) is 5.43. The van der Waals surface area contributed by atoms with Gasteiger partial charge in [-0.2, -0.15) is 0 Å². The molecule has 90 valence electrons. The van der Waals surface area contributed by atoms with Crippen LogP contribution >= 0.6 is 0 Å². The number of nitrogens with one attached hydrogen (secondary N) is 2. The van der Waals surface area contributed by atoms with Gasteiger partial charge in [-0.3, -0.25) is 15.0 Å². The molecule has 0 fully saturated rings. The smallest absolute Gasteiger partial charge is 0.264 e. The lowest BCUT2D eigenvalue weighted by Crippen LogP contribution is -1.96. The lowest BCUT2D eigenvalue weighted by atomic mass is 9.97. The Hall–Kier alpha value is -1.97. The van der Waals surface area contributed by atoms with Crippen LogP contribution < -0.4 is 10.3 Å². The van der Waals surface area contributed by atoms with Gasteiger partial charge in [0, 0.05) is 11.6 Å². The largest absolute Gasteiger partial charge is 0.496 e. The van der Waals surface area contributed by atoms with E-state index >= 15 is 0 Å². The normalized spacial score (nSPS) is 10.6.